The summed E-state index contributed by atoms with van der Waals surface area (Å²) >= 11 is 2.06. The Hall–Kier alpha value is -0.610. The Balaban J connectivity index is 1.84. The van der Waals surface area contributed by atoms with E-state index >= 15 is 0 Å². The molecule has 1 heterocycles. The van der Waals surface area contributed by atoms with Gasteiger partial charge < -0.3 is 5.32 Å². The maximum atomic E-state index is 12.8. The molecule has 2 rings (SSSR count). The number of nitrogens with one attached hydrogen (secondary N) is 1. The fourth-order valence-corrected chi connectivity index (χ4v) is 3.70. The third kappa shape index (κ3) is 3.69. The number of aromatic nitrogens is 1. The second kappa shape index (κ2) is 6.53. The summed E-state index contributed by atoms with van der Waals surface area (Å²) in [5.74, 6) is 0.929. The number of nitrogens with zero attached hydrogens (tertiary/aromatic N) is 1. The highest BCUT2D eigenvalue weighted by Gasteiger charge is 2.25. The van der Waals surface area contributed by atoms with Gasteiger partial charge in [-0.1, -0.05) is 6.92 Å². The van der Waals surface area contributed by atoms with E-state index in [1.165, 1.54) is 37.3 Å². The third-order valence-electron chi connectivity index (χ3n) is 3.47. The van der Waals surface area contributed by atoms with E-state index in [1.807, 2.05) is 0 Å². The monoisotopic (exact) mass is 268 g/mol. The van der Waals surface area contributed by atoms with Gasteiger partial charge in [-0.3, -0.25) is 4.98 Å². The summed E-state index contributed by atoms with van der Waals surface area (Å²) in [5.41, 5.74) is 0.919. The summed E-state index contributed by atoms with van der Waals surface area (Å²) in [5, 5.41) is 4.41. The van der Waals surface area contributed by atoms with Gasteiger partial charge in [-0.15, -0.1) is 0 Å². The van der Waals surface area contributed by atoms with Gasteiger partial charge in [0.25, 0.3) is 0 Å². The molecule has 1 aliphatic rings. The lowest BCUT2D eigenvalue weighted by Gasteiger charge is -2.19. The number of hydrogen-bond donors (Lipinski definition) is 1. The van der Waals surface area contributed by atoms with Gasteiger partial charge in [-0.05, 0) is 44.1 Å². The van der Waals surface area contributed by atoms with Crippen molar-refractivity contribution in [1.82, 2.24) is 10.3 Å². The Kier molecular flexibility index (Phi) is 5.01. The summed E-state index contributed by atoms with van der Waals surface area (Å²) in [6.07, 6.45) is 5.07. The fraction of sp³-hybridized carbons (Fsp3) is 0.643. The molecule has 0 radical (unpaired) electrons. The Bertz CT molecular complexity index is 369. The highest BCUT2D eigenvalue weighted by atomic mass is 32.2. The van der Waals surface area contributed by atoms with Gasteiger partial charge in [0, 0.05) is 17.3 Å². The molecule has 2 nitrogen and oxygen atoms in total. The minimum atomic E-state index is -0.272. The quantitative estimate of drug-likeness (QED) is 0.884. The van der Waals surface area contributed by atoms with Crippen LogP contribution in [0.1, 0.15) is 44.8 Å². The highest BCUT2D eigenvalue weighted by molar-refractivity contribution is 7.99. The van der Waals surface area contributed by atoms with E-state index < -0.39 is 0 Å². The Morgan fingerprint density at radius 2 is 2.33 bits per heavy atom. The molecule has 3 atom stereocenters. The number of rotatable bonds is 5. The van der Waals surface area contributed by atoms with Gasteiger partial charge >= 0.3 is 0 Å². The van der Waals surface area contributed by atoms with Gasteiger partial charge in [-0.25, -0.2) is 4.39 Å². The van der Waals surface area contributed by atoms with E-state index in [9.17, 15) is 4.39 Å². The van der Waals surface area contributed by atoms with Crippen LogP contribution in [-0.4, -0.2) is 22.0 Å². The molecule has 0 aromatic carbocycles. The van der Waals surface area contributed by atoms with Crippen LogP contribution in [0.5, 0.6) is 0 Å². The van der Waals surface area contributed by atoms with Crippen LogP contribution < -0.4 is 5.32 Å². The van der Waals surface area contributed by atoms with Gasteiger partial charge in [-0.2, -0.15) is 11.8 Å². The molecule has 1 saturated carbocycles. The summed E-state index contributed by atoms with van der Waals surface area (Å²) < 4.78 is 12.8. The number of pyridine rings is 1. The number of halogens is 1. The molecule has 1 fully saturated rings. The fourth-order valence-electron chi connectivity index (χ4n) is 2.56. The minimum absolute atomic E-state index is 0.195. The van der Waals surface area contributed by atoms with Crippen molar-refractivity contribution in [2.75, 3.05) is 5.75 Å². The van der Waals surface area contributed by atoms with E-state index in [-0.39, 0.29) is 11.9 Å². The van der Waals surface area contributed by atoms with Crippen LogP contribution >= 0.6 is 11.8 Å². The Morgan fingerprint density at radius 3 is 3.00 bits per heavy atom. The molecule has 1 aromatic rings. The molecule has 0 saturated heterocycles. The van der Waals surface area contributed by atoms with Crippen LogP contribution in [0.25, 0.3) is 0 Å². The Labute approximate surface area is 113 Å². The lowest BCUT2D eigenvalue weighted by atomic mass is 10.1. The topological polar surface area (TPSA) is 24.9 Å². The average Bonchev–Trinajstić information content (AvgIpc) is 2.78. The van der Waals surface area contributed by atoms with Crippen LogP contribution in [0.15, 0.2) is 18.3 Å². The molecule has 3 unspecified atom stereocenters. The predicted octanol–water partition coefficient (Wildman–Crippen LogP) is 3.55. The summed E-state index contributed by atoms with van der Waals surface area (Å²) in [6.45, 7) is 4.32. The largest absolute Gasteiger partial charge is 0.306 e. The zero-order valence-electron chi connectivity index (χ0n) is 11.0. The smallest absolute Gasteiger partial charge is 0.141 e. The van der Waals surface area contributed by atoms with Crippen LogP contribution in [0.4, 0.5) is 4.39 Å². The number of hydrogen-bond acceptors (Lipinski definition) is 3. The van der Waals surface area contributed by atoms with Crippen molar-refractivity contribution in [3.8, 4) is 0 Å². The first-order valence-electron chi connectivity index (χ1n) is 6.68. The van der Waals surface area contributed by atoms with E-state index in [1.54, 1.807) is 6.07 Å². The van der Waals surface area contributed by atoms with Gasteiger partial charge in [0.2, 0.25) is 0 Å². The van der Waals surface area contributed by atoms with Crippen molar-refractivity contribution in [1.29, 1.82) is 0 Å². The molecule has 1 N–H and O–H groups in total. The normalized spacial score (nSPS) is 25.3. The summed E-state index contributed by atoms with van der Waals surface area (Å²) in [6, 6.07) is 4.02. The second-order valence-electron chi connectivity index (χ2n) is 4.88. The molecule has 1 aliphatic carbocycles. The molecule has 0 bridgehead atoms. The van der Waals surface area contributed by atoms with E-state index in [2.05, 4.69) is 35.9 Å². The first-order valence-corrected chi connectivity index (χ1v) is 7.73. The van der Waals surface area contributed by atoms with Crippen LogP contribution in [0.2, 0.25) is 0 Å². The lowest BCUT2D eigenvalue weighted by Crippen LogP contribution is -2.30. The highest BCUT2D eigenvalue weighted by Crippen LogP contribution is 2.30. The molecule has 0 amide bonds. The SMILES string of the molecule is CCSC1CCC(NC(C)c2ccc(F)cn2)C1. The predicted molar refractivity (Wildman–Crippen MR) is 75.3 cm³/mol. The zero-order chi connectivity index (χ0) is 13.0. The standard InChI is InChI=1S/C14H21FN2S/c1-3-18-13-6-5-12(8-13)17-10(2)14-7-4-11(15)9-16-14/h4,7,9-10,12-13,17H,3,5-6,8H2,1-2H3. The van der Waals surface area contributed by atoms with E-state index in [0.717, 1.165) is 10.9 Å². The molecule has 0 aliphatic heterocycles. The van der Waals surface area contributed by atoms with Crippen LogP contribution in [0.3, 0.4) is 0 Å². The van der Waals surface area contributed by atoms with E-state index in [4.69, 9.17) is 0 Å². The van der Waals surface area contributed by atoms with Crippen molar-refractivity contribution >= 4 is 11.8 Å². The molecular weight excluding hydrogens is 247 g/mol. The maximum absolute atomic E-state index is 12.8. The molecular formula is C14H21FN2S. The molecule has 0 spiro atoms. The van der Waals surface area contributed by atoms with Crippen LogP contribution in [0, 0.1) is 5.82 Å². The van der Waals surface area contributed by atoms with Gasteiger partial charge in [0.15, 0.2) is 0 Å². The summed E-state index contributed by atoms with van der Waals surface area (Å²) in [4.78, 5) is 4.13. The molecule has 100 valence electrons. The third-order valence-corrected chi connectivity index (χ3v) is 4.70. The first-order chi connectivity index (χ1) is 8.69. The maximum Gasteiger partial charge on any atom is 0.141 e. The van der Waals surface area contributed by atoms with E-state index in [0.29, 0.717) is 6.04 Å². The van der Waals surface area contributed by atoms with Crippen LogP contribution in [-0.2, 0) is 0 Å². The minimum Gasteiger partial charge on any atom is -0.306 e. The number of thioether (sulfide) groups is 1. The van der Waals surface area contributed by atoms with Crippen molar-refractivity contribution in [3.63, 3.8) is 0 Å². The first kappa shape index (κ1) is 13.8. The molecule has 4 heteroatoms. The lowest BCUT2D eigenvalue weighted by molar-refractivity contribution is 0.454. The summed E-state index contributed by atoms with van der Waals surface area (Å²) in [7, 11) is 0. The van der Waals surface area contributed by atoms with Crippen molar-refractivity contribution in [2.24, 2.45) is 0 Å². The van der Waals surface area contributed by atoms with Gasteiger partial charge in [0.1, 0.15) is 5.82 Å². The van der Waals surface area contributed by atoms with Gasteiger partial charge in [0.05, 0.1) is 11.9 Å². The zero-order valence-corrected chi connectivity index (χ0v) is 11.8. The molecule has 1 aromatic heterocycles. The Morgan fingerprint density at radius 1 is 1.50 bits per heavy atom. The van der Waals surface area contributed by atoms with Crippen molar-refractivity contribution < 1.29 is 4.39 Å². The average molecular weight is 268 g/mol. The molecule has 18 heavy (non-hydrogen) atoms. The van der Waals surface area contributed by atoms with Crippen molar-refractivity contribution in [2.45, 2.75) is 50.4 Å². The van der Waals surface area contributed by atoms with Crippen molar-refractivity contribution in [3.05, 3.63) is 29.8 Å². The second-order valence-corrected chi connectivity index (χ2v) is 6.45.